The first-order valence-electron chi connectivity index (χ1n) is 7.23. The fraction of sp³-hybridized carbons (Fsp3) is 0.118. The van der Waals surface area contributed by atoms with Gasteiger partial charge < -0.3 is 5.32 Å². The molecule has 0 saturated carbocycles. The molecular formula is C17H13Cl2N3O2. The van der Waals surface area contributed by atoms with Crippen molar-refractivity contribution in [1.82, 2.24) is 14.9 Å². The quantitative estimate of drug-likeness (QED) is 0.776. The summed E-state index contributed by atoms with van der Waals surface area (Å²) in [6.07, 6.45) is 1.48. The first-order valence-corrected chi connectivity index (χ1v) is 7.99. The molecule has 0 aliphatic carbocycles. The summed E-state index contributed by atoms with van der Waals surface area (Å²) < 4.78 is 1.46. The van der Waals surface area contributed by atoms with Crippen LogP contribution in [0.15, 0.2) is 53.6 Å². The van der Waals surface area contributed by atoms with Gasteiger partial charge in [0.15, 0.2) is 0 Å². The van der Waals surface area contributed by atoms with Gasteiger partial charge in [0.2, 0.25) is 0 Å². The van der Waals surface area contributed by atoms with Crippen LogP contribution in [-0.4, -0.2) is 22.0 Å². The van der Waals surface area contributed by atoms with Gasteiger partial charge in [-0.2, -0.15) is 0 Å². The molecule has 1 aromatic heterocycles. The monoisotopic (exact) mass is 361 g/mol. The molecule has 0 bridgehead atoms. The third-order valence-electron chi connectivity index (χ3n) is 3.55. The number of amides is 1. The maximum Gasteiger partial charge on any atom is 0.261 e. The number of nitrogens with one attached hydrogen (secondary N) is 1. The van der Waals surface area contributed by atoms with Crippen molar-refractivity contribution in [2.75, 3.05) is 6.54 Å². The zero-order valence-electron chi connectivity index (χ0n) is 12.5. The summed E-state index contributed by atoms with van der Waals surface area (Å²) >= 11 is 11.8. The number of para-hydroxylation sites is 1. The van der Waals surface area contributed by atoms with Crippen molar-refractivity contribution in [3.63, 3.8) is 0 Å². The maximum absolute atomic E-state index is 12.3. The average molecular weight is 362 g/mol. The summed E-state index contributed by atoms with van der Waals surface area (Å²) in [5, 5.41) is 4.02. The van der Waals surface area contributed by atoms with E-state index in [4.69, 9.17) is 23.2 Å². The van der Waals surface area contributed by atoms with Gasteiger partial charge in [0.05, 0.1) is 27.8 Å². The Morgan fingerprint density at radius 1 is 1.17 bits per heavy atom. The van der Waals surface area contributed by atoms with Gasteiger partial charge in [0.1, 0.15) is 0 Å². The number of hydrogen-bond donors (Lipinski definition) is 1. The number of carbonyl (C=O) groups excluding carboxylic acids is 1. The zero-order valence-corrected chi connectivity index (χ0v) is 14.0. The highest BCUT2D eigenvalue weighted by atomic mass is 35.5. The van der Waals surface area contributed by atoms with E-state index >= 15 is 0 Å². The molecule has 1 amide bonds. The van der Waals surface area contributed by atoms with E-state index in [1.165, 1.54) is 17.0 Å². The number of nitrogens with zero attached hydrogens (tertiary/aromatic N) is 2. The van der Waals surface area contributed by atoms with Crippen molar-refractivity contribution < 1.29 is 4.79 Å². The van der Waals surface area contributed by atoms with Crippen LogP contribution in [0.5, 0.6) is 0 Å². The molecule has 0 atom stereocenters. The largest absolute Gasteiger partial charge is 0.350 e. The van der Waals surface area contributed by atoms with Crippen LogP contribution in [0.2, 0.25) is 10.0 Å². The second-order valence-electron chi connectivity index (χ2n) is 5.14. The number of carbonyl (C=O) groups is 1. The van der Waals surface area contributed by atoms with E-state index in [1.54, 1.807) is 30.3 Å². The minimum atomic E-state index is -0.321. The Labute approximate surface area is 147 Å². The minimum absolute atomic E-state index is 0.139. The van der Waals surface area contributed by atoms with Crippen LogP contribution in [0, 0.1) is 0 Å². The Balaban J connectivity index is 1.69. The summed E-state index contributed by atoms with van der Waals surface area (Å²) in [6.45, 7) is 0.589. The van der Waals surface area contributed by atoms with Crippen LogP contribution in [0.25, 0.3) is 10.9 Å². The topological polar surface area (TPSA) is 64.0 Å². The summed E-state index contributed by atoms with van der Waals surface area (Å²) in [5.74, 6) is -0.321. The van der Waals surface area contributed by atoms with Gasteiger partial charge in [0, 0.05) is 18.1 Å². The number of rotatable bonds is 4. The lowest BCUT2D eigenvalue weighted by Crippen LogP contribution is -2.31. The molecular weight excluding hydrogens is 349 g/mol. The van der Waals surface area contributed by atoms with E-state index in [0.29, 0.717) is 28.0 Å². The fourth-order valence-corrected chi connectivity index (χ4v) is 2.82. The molecule has 0 fully saturated rings. The van der Waals surface area contributed by atoms with E-state index < -0.39 is 0 Å². The van der Waals surface area contributed by atoms with Gasteiger partial charge in [-0.15, -0.1) is 0 Å². The Morgan fingerprint density at radius 2 is 1.96 bits per heavy atom. The van der Waals surface area contributed by atoms with Crippen molar-refractivity contribution in [1.29, 1.82) is 0 Å². The van der Waals surface area contributed by atoms with E-state index in [1.807, 2.05) is 6.07 Å². The maximum atomic E-state index is 12.3. The summed E-state index contributed by atoms with van der Waals surface area (Å²) in [6, 6.07) is 11.8. The predicted octanol–water partition coefficient (Wildman–Crippen LogP) is 3.13. The van der Waals surface area contributed by atoms with Crippen LogP contribution < -0.4 is 10.9 Å². The molecule has 0 aliphatic heterocycles. The van der Waals surface area contributed by atoms with Crippen molar-refractivity contribution in [3.8, 4) is 0 Å². The van der Waals surface area contributed by atoms with Gasteiger partial charge in [-0.25, -0.2) is 4.98 Å². The first-order chi connectivity index (χ1) is 11.6. The highest BCUT2D eigenvalue weighted by Gasteiger charge is 2.10. The molecule has 0 spiro atoms. The van der Waals surface area contributed by atoms with Crippen molar-refractivity contribution >= 4 is 40.0 Å². The second-order valence-corrected chi connectivity index (χ2v) is 5.98. The molecule has 122 valence electrons. The lowest BCUT2D eigenvalue weighted by Gasteiger charge is -2.09. The summed E-state index contributed by atoms with van der Waals surface area (Å²) in [5.41, 5.74) is 0.847. The Bertz CT molecular complexity index is 969. The lowest BCUT2D eigenvalue weighted by atomic mass is 10.2. The summed E-state index contributed by atoms with van der Waals surface area (Å²) in [4.78, 5) is 28.7. The predicted molar refractivity (Wildman–Crippen MR) is 94.8 cm³/mol. The Morgan fingerprint density at radius 3 is 2.75 bits per heavy atom. The minimum Gasteiger partial charge on any atom is -0.350 e. The van der Waals surface area contributed by atoms with Crippen molar-refractivity contribution in [2.24, 2.45) is 0 Å². The van der Waals surface area contributed by atoms with Gasteiger partial charge in [-0.1, -0.05) is 35.3 Å². The van der Waals surface area contributed by atoms with Gasteiger partial charge in [-0.05, 0) is 30.3 Å². The second kappa shape index (κ2) is 7.03. The van der Waals surface area contributed by atoms with Crippen LogP contribution in [-0.2, 0) is 6.54 Å². The number of hydrogen-bond acceptors (Lipinski definition) is 3. The van der Waals surface area contributed by atoms with Crippen LogP contribution in [0.4, 0.5) is 0 Å². The number of aromatic nitrogens is 2. The normalized spacial score (nSPS) is 10.8. The van der Waals surface area contributed by atoms with Crippen LogP contribution in [0.3, 0.4) is 0 Å². The summed E-state index contributed by atoms with van der Waals surface area (Å²) in [7, 11) is 0. The highest BCUT2D eigenvalue weighted by Crippen LogP contribution is 2.20. The lowest BCUT2D eigenvalue weighted by molar-refractivity contribution is 0.0952. The molecule has 0 saturated heterocycles. The van der Waals surface area contributed by atoms with Gasteiger partial charge in [0.25, 0.3) is 11.5 Å². The molecule has 1 heterocycles. The standard InChI is InChI=1S/C17H13Cl2N3O2/c18-11-5-6-12(14(19)9-11)16(23)20-7-8-22-10-21-15-4-2-1-3-13(15)17(22)24/h1-6,9-10H,7-8H2,(H,20,23). The van der Waals surface area contributed by atoms with Crippen LogP contribution >= 0.6 is 23.2 Å². The Hall–Kier alpha value is -2.37. The molecule has 1 N–H and O–H groups in total. The number of fused-ring (bicyclic) bond motifs is 1. The molecule has 0 aliphatic rings. The molecule has 0 unspecified atom stereocenters. The molecule has 5 nitrogen and oxygen atoms in total. The Kier molecular flexibility index (Phi) is 4.83. The van der Waals surface area contributed by atoms with Gasteiger partial charge in [-0.3, -0.25) is 14.2 Å². The number of halogens is 2. The van der Waals surface area contributed by atoms with E-state index in [0.717, 1.165) is 0 Å². The molecule has 3 rings (SSSR count). The molecule has 7 heteroatoms. The first kappa shape index (κ1) is 16.5. The molecule has 24 heavy (non-hydrogen) atoms. The molecule has 2 aromatic carbocycles. The third kappa shape index (κ3) is 3.42. The van der Waals surface area contributed by atoms with E-state index in [9.17, 15) is 9.59 Å². The molecule has 3 aromatic rings. The van der Waals surface area contributed by atoms with E-state index in [-0.39, 0.29) is 23.0 Å². The highest BCUT2D eigenvalue weighted by molar-refractivity contribution is 6.36. The third-order valence-corrected chi connectivity index (χ3v) is 4.09. The van der Waals surface area contributed by atoms with E-state index in [2.05, 4.69) is 10.3 Å². The average Bonchev–Trinajstić information content (AvgIpc) is 2.57. The smallest absolute Gasteiger partial charge is 0.261 e. The molecule has 0 radical (unpaired) electrons. The van der Waals surface area contributed by atoms with Gasteiger partial charge >= 0.3 is 0 Å². The van der Waals surface area contributed by atoms with Crippen molar-refractivity contribution in [3.05, 3.63) is 74.8 Å². The SMILES string of the molecule is O=C(NCCn1cnc2ccccc2c1=O)c1ccc(Cl)cc1Cl. The van der Waals surface area contributed by atoms with Crippen molar-refractivity contribution in [2.45, 2.75) is 6.54 Å². The fourth-order valence-electron chi connectivity index (χ4n) is 2.32. The number of benzene rings is 2. The van der Waals surface area contributed by atoms with Crippen LogP contribution in [0.1, 0.15) is 10.4 Å². The zero-order chi connectivity index (χ0) is 17.1.